The molecule has 0 saturated carbocycles. The van der Waals surface area contributed by atoms with Gasteiger partial charge in [0.25, 0.3) is 5.56 Å². The number of pyridine rings is 2. The summed E-state index contributed by atoms with van der Waals surface area (Å²) in [5.74, 6) is 0.477. The van der Waals surface area contributed by atoms with Crippen molar-refractivity contribution in [1.82, 2.24) is 19.9 Å². The maximum Gasteiger partial charge on any atom is 0.255 e. The van der Waals surface area contributed by atoms with Crippen LogP contribution in [0.4, 0.5) is 5.95 Å². The van der Waals surface area contributed by atoms with E-state index in [2.05, 4.69) is 54.2 Å². The Morgan fingerprint density at radius 3 is 2.69 bits per heavy atom. The number of nitrogens with zero attached hydrogens (tertiary/aromatic N) is 3. The van der Waals surface area contributed by atoms with Crippen molar-refractivity contribution in [2.24, 2.45) is 0 Å². The molecule has 0 amide bonds. The third-order valence-electron chi connectivity index (χ3n) is 4.60. The smallest absolute Gasteiger partial charge is 0.255 e. The molecule has 3 aromatic heterocycles. The predicted octanol–water partition coefficient (Wildman–Crippen LogP) is 3.15. The van der Waals surface area contributed by atoms with Crippen molar-refractivity contribution in [3.8, 4) is 0 Å². The highest BCUT2D eigenvalue weighted by Crippen LogP contribution is 2.14. The lowest BCUT2D eigenvalue weighted by Crippen LogP contribution is -2.17. The summed E-state index contributed by atoms with van der Waals surface area (Å²) >= 11 is 3.43. The van der Waals surface area contributed by atoms with E-state index in [-0.39, 0.29) is 12.2 Å². The van der Waals surface area contributed by atoms with E-state index < -0.39 is 0 Å². The van der Waals surface area contributed by atoms with Gasteiger partial charge in [0, 0.05) is 47.3 Å². The van der Waals surface area contributed by atoms with Crippen molar-refractivity contribution in [2.75, 3.05) is 11.9 Å². The number of aliphatic hydroxyl groups excluding tert-OH is 1. The molecule has 0 aliphatic heterocycles. The second-order valence-electron chi connectivity index (χ2n) is 6.88. The summed E-state index contributed by atoms with van der Waals surface area (Å²) in [6, 6.07) is 5.68. The van der Waals surface area contributed by atoms with Crippen LogP contribution in [0, 0.1) is 6.92 Å². The van der Waals surface area contributed by atoms with Crippen LogP contribution in [0.25, 0.3) is 0 Å². The summed E-state index contributed by atoms with van der Waals surface area (Å²) in [7, 11) is 0. The molecular weight excluding hydrogens is 434 g/mol. The third kappa shape index (κ3) is 6.20. The van der Waals surface area contributed by atoms with Crippen LogP contribution in [0.15, 0.2) is 46.1 Å². The highest BCUT2D eigenvalue weighted by molar-refractivity contribution is 9.10. The highest BCUT2D eigenvalue weighted by atomic mass is 79.9. The van der Waals surface area contributed by atoms with Crippen LogP contribution in [0.3, 0.4) is 0 Å². The third-order valence-corrected chi connectivity index (χ3v) is 5.04. The Labute approximate surface area is 177 Å². The molecule has 0 fully saturated rings. The number of rotatable bonds is 9. The minimum absolute atomic E-state index is 0.0952. The zero-order chi connectivity index (χ0) is 20.6. The maximum absolute atomic E-state index is 12.3. The predicted molar refractivity (Wildman–Crippen MR) is 116 cm³/mol. The number of aryl methyl sites for hydroxylation is 2. The zero-order valence-corrected chi connectivity index (χ0v) is 17.9. The fourth-order valence-corrected chi connectivity index (χ4v) is 3.41. The molecule has 0 radical (unpaired) electrons. The van der Waals surface area contributed by atoms with Gasteiger partial charge in [-0.1, -0.05) is 6.07 Å². The molecule has 3 heterocycles. The molecule has 29 heavy (non-hydrogen) atoms. The summed E-state index contributed by atoms with van der Waals surface area (Å²) in [4.78, 5) is 28.0. The van der Waals surface area contributed by atoms with Gasteiger partial charge in [0.15, 0.2) is 0 Å². The first-order valence-electron chi connectivity index (χ1n) is 9.53. The van der Waals surface area contributed by atoms with Gasteiger partial charge in [0.2, 0.25) is 5.95 Å². The summed E-state index contributed by atoms with van der Waals surface area (Å²) in [6.07, 6.45) is 8.41. The van der Waals surface area contributed by atoms with E-state index in [1.807, 2.05) is 12.3 Å². The number of aromatic amines is 1. The Hall–Kier alpha value is -2.58. The van der Waals surface area contributed by atoms with Gasteiger partial charge >= 0.3 is 0 Å². The van der Waals surface area contributed by atoms with Crippen molar-refractivity contribution >= 4 is 21.9 Å². The molecule has 0 aliphatic rings. The van der Waals surface area contributed by atoms with E-state index in [4.69, 9.17) is 5.11 Å². The Balaban J connectivity index is 1.46. The number of aliphatic hydroxyl groups is 1. The van der Waals surface area contributed by atoms with Crippen LogP contribution >= 0.6 is 15.9 Å². The van der Waals surface area contributed by atoms with Crippen LogP contribution in [0.1, 0.15) is 40.9 Å². The number of anilines is 1. The molecule has 7 nitrogen and oxygen atoms in total. The van der Waals surface area contributed by atoms with Crippen molar-refractivity contribution in [3.63, 3.8) is 0 Å². The lowest BCUT2D eigenvalue weighted by atomic mass is 10.1. The summed E-state index contributed by atoms with van der Waals surface area (Å²) < 4.78 is 0.998. The SMILES string of the molecule is Cc1cc(Br)cnc1CCCCNc1ncc(Cc2ccc(CO)nc2)c(=O)[nH]1. The van der Waals surface area contributed by atoms with Gasteiger partial charge in [-0.15, -0.1) is 0 Å². The van der Waals surface area contributed by atoms with E-state index >= 15 is 0 Å². The standard InChI is InChI=1S/C21H24BrN5O2/c1-14-8-17(22)12-25-19(14)4-2-3-7-23-21-26-11-16(20(29)27-21)9-15-5-6-18(13-28)24-10-15/h5-6,8,10-12,28H,2-4,7,9,13H2,1H3,(H2,23,26,27,29). The van der Waals surface area contributed by atoms with Crippen LogP contribution in [0.5, 0.6) is 0 Å². The quantitative estimate of drug-likeness (QED) is 0.426. The molecule has 152 valence electrons. The lowest BCUT2D eigenvalue weighted by Gasteiger charge is -2.08. The topological polar surface area (TPSA) is 104 Å². The molecule has 3 aromatic rings. The Morgan fingerprint density at radius 1 is 1.14 bits per heavy atom. The number of aromatic nitrogens is 4. The second-order valence-corrected chi connectivity index (χ2v) is 7.80. The van der Waals surface area contributed by atoms with E-state index in [1.165, 1.54) is 5.56 Å². The molecule has 3 N–H and O–H groups in total. The van der Waals surface area contributed by atoms with Crippen molar-refractivity contribution in [2.45, 2.75) is 39.2 Å². The van der Waals surface area contributed by atoms with Crippen LogP contribution in [-0.4, -0.2) is 31.6 Å². The minimum Gasteiger partial charge on any atom is -0.390 e. The fourth-order valence-electron chi connectivity index (χ4n) is 2.96. The van der Waals surface area contributed by atoms with Crippen molar-refractivity contribution < 1.29 is 5.11 Å². The zero-order valence-electron chi connectivity index (χ0n) is 16.3. The number of halogens is 1. The first-order chi connectivity index (χ1) is 14.0. The normalized spacial score (nSPS) is 10.9. The molecular formula is C21H24BrN5O2. The average molecular weight is 458 g/mol. The van der Waals surface area contributed by atoms with Crippen molar-refractivity contribution in [1.29, 1.82) is 0 Å². The van der Waals surface area contributed by atoms with Gasteiger partial charge in [0.05, 0.1) is 12.3 Å². The maximum atomic E-state index is 12.3. The number of hydrogen-bond acceptors (Lipinski definition) is 6. The van der Waals surface area contributed by atoms with E-state index in [9.17, 15) is 4.79 Å². The first-order valence-corrected chi connectivity index (χ1v) is 10.3. The largest absolute Gasteiger partial charge is 0.390 e. The molecule has 0 unspecified atom stereocenters. The Kier molecular flexibility index (Phi) is 7.48. The van der Waals surface area contributed by atoms with E-state index in [0.29, 0.717) is 23.6 Å². The summed E-state index contributed by atoms with van der Waals surface area (Å²) in [5, 5.41) is 12.2. The molecule has 0 saturated heterocycles. The number of unbranched alkanes of at least 4 members (excludes halogenated alkanes) is 1. The number of hydrogen-bond donors (Lipinski definition) is 3. The summed E-state index contributed by atoms with van der Waals surface area (Å²) in [5.41, 5.74) is 4.22. The monoisotopic (exact) mass is 457 g/mol. The van der Waals surface area contributed by atoms with E-state index in [1.54, 1.807) is 18.5 Å². The van der Waals surface area contributed by atoms with Gasteiger partial charge in [-0.2, -0.15) is 0 Å². The molecule has 0 bridgehead atoms. The lowest BCUT2D eigenvalue weighted by molar-refractivity contribution is 0.277. The van der Waals surface area contributed by atoms with Crippen molar-refractivity contribution in [3.05, 3.63) is 79.7 Å². The molecule has 0 atom stereocenters. The van der Waals surface area contributed by atoms with Gasteiger partial charge in [-0.3, -0.25) is 19.7 Å². The van der Waals surface area contributed by atoms with Crippen LogP contribution in [-0.2, 0) is 19.4 Å². The van der Waals surface area contributed by atoms with Gasteiger partial charge in [0.1, 0.15) is 0 Å². The highest BCUT2D eigenvalue weighted by Gasteiger charge is 2.05. The van der Waals surface area contributed by atoms with Gasteiger partial charge in [-0.05, 0) is 65.4 Å². The molecule has 0 aromatic carbocycles. The average Bonchev–Trinajstić information content (AvgIpc) is 2.71. The molecule has 3 rings (SSSR count). The summed E-state index contributed by atoms with van der Waals surface area (Å²) in [6.45, 7) is 2.70. The molecule has 0 spiro atoms. The minimum atomic E-state index is -0.163. The van der Waals surface area contributed by atoms with Crippen LogP contribution in [0.2, 0.25) is 0 Å². The fraction of sp³-hybridized carbons (Fsp3) is 0.333. The van der Waals surface area contributed by atoms with Gasteiger partial charge in [-0.25, -0.2) is 4.98 Å². The first kappa shape index (κ1) is 21.1. The number of H-pyrrole nitrogens is 1. The Bertz CT molecular complexity index is 1000. The molecule has 0 aliphatic carbocycles. The van der Waals surface area contributed by atoms with Gasteiger partial charge < -0.3 is 10.4 Å². The molecule has 8 heteroatoms. The van der Waals surface area contributed by atoms with E-state index in [0.717, 1.165) is 41.5 Å². The number of nitrogens with one attached hydrogen (secondary N) is 2. The second kappa shape index (κ2) is 10.3. The Morgan fingerprint density at radius 2 is 2.00 bits per heavy atom. The van der Waals surface area contributed by atoms with Crippen LogP contribution < -0.4 is 10.9 Å².